The van der Waals surface area contributed by atoms with E-state index in [4.69, 9.17) is 14.6 Å². The maximum absolute atomic E-state index is 11.6. The van der Waals surface area contributed by atoms with Crippen LogP contribution in [0.5, 0.6) is 11.5 Å². The topological polar surface area (TPSA) is 77.8 Å². The van der Waals surface area contributed by atoms with E-state index >= 15 is 0 Å². The Bertz CT molecular complexity index is 792. The summed E-state index contributed by atoms with van der Waals surface area (Å²) in [7, 11) is 3.19. The second kappa shape index (κ2) is 7.31. The van der Waals surface area contributed by atoms with Crippen LogP contribution in [0.1, 0.15) is 11.1 Å². The zero-order valence-corrected chi connectivity index (χ0v) is 12.9. The van der Waals surface area contributed by atoms with E-state index in [0.29, 0.717) is 17.1 Å². The van der Waals surface area contributed by atoms with Gasteiger partial charge in [-0.1, -0.05) is 6.07 Å². The van der Waals surface area contributed by atoms with Crippen molar-refractivity contribution in [3.05, 3.63) is 64.1 Å². The molecule has 0 saturated heterocycles. The Labute approximate surface area is 133 Å². The lowest BCUT2D eigenvalue weighted by Gasteiger charge is -2.11. The van der Waals surface area contributed by atoms with Crippen LogP contribution >= 0.6 is 0 Å². The molecule has 23 heavy (non-hydrogen) atoms. The molecular weight excluding hydrogens is 298 g/mol. The fourth-order valence-electron chi connectivity index (χ4n) is 1.91. The number of methoxy groups -OCH3 is 1. The van der Waals surface area contributed by atoms with Gasteiger partial charge in [-0.25, -0.2) is 4.79 Å². The molecule has 0 aliphatic rings. The first-order valence-corrected chi connectivity index (χ1v) is 6.87. The summed E-state index contributed by atoms with van der Waals surface area (Å²) in [6.07, 6.45) is 4.20. The van der Waals surface area contributed by atoms with Gasteiger partial charge in [0, 0.05) is 25.4 Å². The summed E-state index contributed by atoms with van der Waals surface area (Å²) in [5.41, 5.74) is 1.34. The molecule has 6 nitrogen and oxygen atoms in total. The minimum atomic E-state index is -1.02. The van der Waals surface area contributed by atoms with Crippen molar-refractivity contribution < 1.29 is 19.4 Å². The maximum Gasteiger partial charge on any atom is 0.328 e. The number of aliphatic carboxylic acids is 1. The maximum atomic E-state index is 11.6. The lowest BCUT2D eigenvalue weighted by Crippen LogP contribution is -2.15. The van der Waals surface area contributed by atoms with Gasteiger partial charge in [0.15, 0.2) is 11.5 Å². The minimum Gasteiger partial charge on any atom is -0.493 e. The number of carbonyl (C=O) groups is 1. The summed E-state index contributed by atoms with van der Waals surface area (Å²) in [6, 6.07) is 8.41. The van der Waals surface area contributed by atoms with Crippen molar-refractivity contribution in [3.63, 3.8) is 0 Å². The number of pyridine rings is 1. The van der Waals surface area contributed by atoms with Crippen LogP contribution in [-0.4, -0.2) is 22.8 Å². The highest BCUT2D eigenvalue weighted by Crippen LogP contribution is 2.29. The Morgan fingerprint density at radius 1 is 1.26 bits per heavy atom. The van der Waals surface area contributed by atoms with Gasteiger partial charge in [0.05, 0.1) is 7.11 Å². The van der Waals surface area contributed by atoms with Crippen molar-refractivity contribution in [3.8, 4) is 11.5 Å². The van der Waals surface area contributed by atoms with Gasteiger partial charge in [0.1, 0.15) is 6.61 Å². The first kappa shape index (κ1) is 16.4. The average Bonchev–Trinajstić information content (AvgIpc) is 2.54. The monoisotopic (exact) mass is 315 g/mol. The Kier molecular flexibility index (Phi) is 5.19. The van der Waals surface area contributed by atoms with Crippen LogP contribution in [0.3, 0.4) is 0 Å². The standard InChI is InChI=1S/C17H17NO5/c1-18-8-7-13(10-16(18)19)11-23-14-5-3-12(4-6-17(20)21)9-15(14)22-2/h3-10H,11H2,1-2H3,(H,20,21). The normalized spacial score (nSPS) is 10.7. The van der Waals surface area contributed by atoms with E-state index < -0.39 is 5.97 Å². The van der Waals surface area contributed by atoms with Crippen molar-refractivity contribution in [2.75, 3.05) is 7.11 Å². The number of carboxylic acid groups (broad SMARTS) is 1. The van der Waals surface area contributed by atoms with Crippen LogP contribution in [0.25, 0.3) is 6.08 Å². The number of benzene rings is 1. The van der Waals surface area contributed by atoms with E-state index in [-0.39, 0.29) is 12.2 Å². The zero-order chi connectivity index (χ0) is 16.8. The largest absolute Gasteiger partial charge is 0.493 e. The van der Waals surface area contributed by atoms with E-state index in [2.05, 4.69) is 0 Å². The van der Waals surface area contributed by atoms with E-state index in [1.54, 1.807) is 37.5 Å². The van der Waals surface area contributed by atoms with Crippen molar-refractivity contribution in [1.82, 2.24) is 4.57 Å². The predicted octanol–water partition coefficient (Wildman–Crippen LogP) is 2.07. The summed E-state index contributed by atoms with van der Waals surface area (Å²) in [4.78, 5) is 22.1. The summed E-state index contributed by atoms with van der Waals surface area (Å²) in [5.74, 6) is -0.0167. The second-order valence-electron chi connectivity index (χ2n) is 4.85. The second-order valence-corrected chi connectivity index (χ2v) is 4.85. The molecule has 0 aliphatic carbocycles. The van der Waals surface area contributed by atoms with Crippen LogP contribution in [-0.2, 0) is 18.4 Å². The number of ether oxygens (including phenoxy) is 2. The van der Waals surface area contributed by atoms with Crippen molar-refractivity contribution in [2.24, 2.45) is 7.05 Å². The minimum absolute atomic E-state index is 0.104. The Morgan fingerprint density at radius 3 is 2.70 bits per heavy atom. The number of aryl methyl sites for hydroxylation is 1. The number of nitrogens with zero attached hydrogens (tertiary/aromatic N) is 1. The van der Waals surface area contributed by atoms with Crippen molar-refractivity contribution in [1.29, 1.82) is 0 Å². The molecule has 1 N–H and O–H groups in total. The van der Waals surface area contributed by atoms with E-state index in [1.165, 1.54) is 23.8 Å². The molecule has 0 amide bonds. The van der Waals surface area contributed by atoms with Gasteiger partial charge in [0.2, 0.25) is 0 Å². The Balaban J connectivity index is 2.14. The third-order valence-electron chi connectivity index (χ3n) is 3.17. The smallest absolute Gasteiger partial charge is 0.328 e. The molecular formula is C17H17NO5. The van der Waals surface area contributed by atoms with Gasteiger partial charge in [0.25, 0.3) is 5.56 Å². The van der Waals surface area contributed by atoms with Gasteiger partial charge < -0.3 is 19.1 Å². The van der Waals surface area contributed by atoms with Gasteiger partial charge in [-0.15, -0.1) is 0 Å². The number of hydrogen-bond donors (Lipinski definition) is 1. The first-order valence-electron chi connectivity index (χ1n) is 6.87. The quantitative estimate of drug-likeness (QED) is 0.826. The first-order chi connectivity index (χ1) is 11.0. The van der Waals surface area contributed by atoms with Crippen LogP contribution in [0.2, 0.25) is 0 Å². The lowest BCUT2D eigenvalue weighted by molar-refractivity contribution is -0.131. The molecule has 0 saturated carbocycles. The highest BCUT2D eigenvalue weighted by molar-refractivity contribution is 5.85. The molecule has 120 valence electrons. The number of carboxylic acids is 1. The van der Waals surface area contributed by atoms with Gasteiger partial charge in [-0.3, -0.25) is 4.79 Å². The molecule has 2 rings (SSSR count). The van der Waals surface area contributed by atoms with Crippen LogP contribution in [0.15, 0.2) is 47.4 Å². The van der Waals surface area contributed by atoms with Crippen molar-refractivity contribution >= 4 is 12.0 Å². The van der Waals surface area contributed by atoms with Crippen LogP contribution in [0.4, 0.5) is 0 Å². The molecule has 2 aromatic rings. The fraction of sp³-hybridized carbons (Fsp3) is 0.176. The SMILES string of the molecule is COc1cc(C=CC(=O)O)ccc1OCc1ccn(C)c(=O)c1. The average molecular weight is 315 g/mol. The lowest BCUT2D eigenvalue weighted by atomic mass is 10.2. The number of rotatable bonds is 6. The highest BCUT2D eigenvalue weighted by atomic mass is 16.5. The molecule has 6 heteroatoms. The molecule has 0 radical (unpaired) electrons. The number of aromatic nitrogens is 1. The zero-order valence-electron chi connectivity index (χ0n) is 12.9. The van der Waals surface area contributed by atoms with E-state index in [9.17, 15) is 9.59 Å². The molecule has 0 atom stereocenters. The predicted molar refractivity (Wildman–Crippen MR) is 85.7 cm³/mol. The summed E-state index contributed by atoms with van der Waals surface area (Å²) >= 11 is 0. The summed E-state index contributed by atoms with van der Waals surface area (Å²) in [6.45, 7) is 0.233. The molecule has 0 spiro atoms. The molecule has 0 bridgehead atoms. The highest BCUT2D eigenvalue weighted by Gasteiger charge is 2.06. The third-order valence-corrected chi connectivity index (χ3v) is 3.17. The molecule has 1 heterocycles. The van der Waals surface area contributed by atoms with Gasteiger partial charge in [-0.2, -0.15) is 0 Å². The van der Waals surface area contributed by atoms with E-state index in [0.717, 1.165) is 11.6 Å². The summed E-state index contributed by atoms with van der Waals surface area (Å²) < 4.78 is 12.4. The van der Waals surface area contributed by atoms with Gasteiger partial charge >= 0.3 is 5.97 Å². The van der Waals surface area contributed by atoms with Crippen LogP contribution < -0.4 is 15.0 Å². The van der Waals surface area contributed by atoms with Crippen molar-refractivity contribution in [2.45, 2.75) is 6.61 Å². The number of hydrogen-bond acceptors (Lipinski definition) is 4. The molecule has 0 fully saturated rings. The fourth-order valence-corrected chi connectivity index (χ4v) is 1.91. The molecule has 1 aromatic carbocycles. The van der Waals surface area contributed by atoms with Crippen LogP contribution in [0, 0.1) is 0 Å². The van der Waals surface area contributed by atoms with Gasteiger partial charge in [-0.05, 0) is 35.4 Å². The molecule has 0 aliphatic heterocycles. The Hall–Kier alpha value is -3.02. The summed E-state index contributed by atoms with van der Waals surface area (Å²) in [5, 5.41) is 8.64. The third kappa shape index (κ3) is 4.47. The van der Waals surface area contributed by atoms with E-state index in [1.807, 2.05) is 0 Å². The molecule has 1 aromatic heterocycles. The Morgan fingerprint density at radius 2 is 2.04 bits per heavy atom. The molecule has 0 unspecified atom stereocenters.